The van der Waals surface area contributed by atoms with Crippen LogP contribution in [0.3, 0.4) is 0 Å². The minimum atomic E-state index is -1.31. The molecule has 1 aliphatic carbocycles. The number of aromatic nitrogens is 7. The number of rotatable bonds is 17. The Balaban J connectivity index is 1.03. The second-order valence-corrected chi connectivity index (χ2v) is 27.3. The van der Waals surface area contributed by atoms with Crippen molar-refractivity contribution < 1.29 is 63.1 Å². The molecule has 32 heteroatoms. The maximum Gasteiger partial charge on any atom is 0.415 e. The first-order valence-corrected chi connectivity index (χ1v) is 33.8. The van der Waals surface area contributed by atoms with E-state index in [1.54, 1.807) is 70.9 Å². The number of amides is 6. The van der Waals surface area contributed by atoms with Crippen molar-refractivity contribution in [3.63, 3.8) is 0 Å². The van der Waals surface area contributed by atoms with E-state index in [9.17, 15) is 53.7 Å². The van der Waals surface area contributed by atoms with Crippen LogP contribution in [0.5, 0.6) is 0 Å². The molecule has 7 aromatic heterocycles. The van der Waals surface area contributed by atoms with Gasteiger partial charge in [0, 0.05) is 59.1 Å². The van der Waals surface area contributed by atoms with Gasteiger partial charge in [-0.05, 0) is 56.2 Å². The molecule has 8 heterocycles. The zero-order valence-electron chi connectivity index (χ0n) is 49.4. The Kier molecular flexibility index (Phi) is 21.1. The summed E-state index contributed by atoms with van der Waals surface area (Å²) < 4.78 is 11.2. The smallest absolute Gasteiger partial charge is 0.415 e. The summed E-state index contributed by atoms with van der Waals surface area (Å²) in [5.74, 6) is -5.57. The van der Waals surface area contributed by atoms with E-state index in [0.717, 1.165) is 45.3 Å². The van der Waals surface area contributed by atoms with Crippen LogP contribution in [0.4, 0.5) is 10.6 Å². The third kappa shape index (κ3) is 15.5. The van der Waals surface area contributed by atoms with Gasteiger partial charge in [-0.3, -0.25) is 38.5 Å². The molecule has 10 bridgehead atoms. The summed E-state index contributed by atoms with van der Waals surface area (Å²) in [5.41, 5.74) is 2.36. The van der Waals surface area contributed by atoms with Crippen molar-refractivity contribution in [2.24, 2.45) is 11.8 Å². The van der Waals surface area contributed by atoms with Crippen LogP contribution < -0.4 is 31.5 Å². The Labute approximate surface area is 544 Å². The number of hydrogen-bond donors (Lipinski definition) is 8. The van der Waals surface area contributed by atoms with Gasteiger partial charge in [-0.15, -0.1) is 68.0 Å². The molecule has 0 saturated heterocycles. The summed E-state index contributed by atoms with van der Waals surface area (Å²) >= 11 is 7.00. The average Bonchev–Trinajstić information content (AvgIpc) is 1.76. The van der Waals surface area contributed by atoms with Crippen LogP contribution in [0.2, 0.25) is 0 Å². The highest BCUT2D eigenvalue weighted by molar-refractivity contribution is 7.15. The maximum absolute atomic E-state index is 14.4. The van der Waals surface area contributed by atoms with E-state index >= 15 is 0 Å². The number of aliphatic hydroxyl groups is 1. The number of carboxylic acids is 2. The van der Waals surface area contributed by atoms with Crippen LogP contribution in [0.1, 0.15) is 145 Å². The first-order valence-electron chi connectivity index (χ1n) is 28.6. The van der Waals surface area contributed by atoms with Crippen LogP contribution in [-0.2, 0) is 35.3 Å². The molecule has 2 aliphatic rings. The molecule has 91 heavy (non-hydrogen) atoms. The van der Waals surface area contributed by atoms with Crippen LogP contribution in [0, 0.1) is 18.8 Å². The topological polar surface area (TPSA) is 369 Å². The molecule has 0 radical (unpaired) electrons. The normalized spacial score (nSPS) is 18.2. The molecule has 0 spiro atoms. The predicted molar refractivity (Wildman–Crippen MR) is 341 cm³/mol. The van der Waals surface area contributed by atoms with Gasteiger partial charge in [0.2, 0.25) is 11.8 Å². The molecule has 4 atom stereocenters. The van der Waals surface area contributed by atoms with E-state index in [2.05, 4.69) is 26.6 Å². The van der Waals surface area contributed by atoms with Gasteiger partial charge in [0.25, 0.3) is 17.7 Å². The van der Waals surface area contributed by atoms with Gasteiger partial charge >= 0.3 is 18.0 Å². The molecule has 1 aliphatic heterocycles. The summed E-state index contributed by atoms with van der Waals surface area (Å²) in [6, 6.07) is 9.27. The number of unbranched alkanes of at least 4 members (excludes halogenated alkanes) is 2. The van der Waals surface area contributed by atoms with E-state index in [4.69, 9.17) is 44.4 Å². The molecule has 8 aromatic rings. The van der Waals surface area contributed by atoms with Crippen molar-refractivity contribution in [1.82, 2.24) is 61.5 Å². The predicted octanol–water partition coefficient (Wildman–Crippen LogP) is 8.76. The Bertz CT molecular complexity index is 4000. The van der Waals surface area contributed by atoms with E-state index in [-0.39, 0.29) is 72.7 Å². The van der Waals surface area contributed by atoms with Crippen molar-refractivity contribution in [3.05, 3.63) is 111 Å². The highest BCUT2D eigenvalue weighted by atomic mass is 32.1. The number of carbonyl (C=O) groups excluding carboxylic acids is 6. The van der Waals surface area contributed by atoms with Crippen LogP contribution in [0.25, 0.3) is 43.4 Å². The number of anilines is 1. The van der Waals surface area contributed by atoms with Crippen LogP contribution in [-0.4, -0.2) is 131 Å². The summed E-state index contributed by atoms with van der Waals surface area (Å²) in [6.45, 7) is 5.02. The zero-order valence-corrected chi connectivity index (χ0v) is 54.3. The summed E-state index contributed by atoms with van der Waals surface area (Å²) in [5, 5.41) is 53.5. The first-order chi connectivity index (χ1) is 43.7. The molecule has 476 valence electrons. The quantitative estimate of drug-likeness (QED) is 0.0395. The fraction of sp³-hybridized carbons (Fsp3) is 0.373. The third-order valence-corrected chi connectivity index (χ3v) is 20.4. The van der Waals surface area contributed by atoms with Crippen molar-refractivity contribution in [3.8, 4) is 43.4 Å². The number of hydrogen-bond acceptors (Lipinski definition) is 24. The zero-order chi connectivity index (χ0) is 64.6. The molecule has 6 amide bonds. The number of nitrogens with one attached hydrogen (secondary N) is 5. The minimum Gasteiger partial charge on any atom is -0.481 e. The van der Waals surface area contributed by atoms with Gasteiger partial charge < -0.3 is 51.4 Å². The molecule has 26 nitrogen and oxygen atoms in total. The fourth-order valence-electron chi connectivity index (χ4n) is 9.79. The number of aryl methyl sites for hydroxylation is 1. The monoisotopic (exact) mass is 1350 g/mol. The van der Waals surface area contributed by atoms with Crippen molar-refractivity contribution in [2.45, 2.75) is 103 Å². The number of nitrogens with zero attached hydrogens (tertiary/aromatic N) is 8. The minimum absolute atomic E-state index is 0.00978. The van der Waals surface area contributed by atoms with Gasteiger partial charge in [-0.2, -0.15) is 0 Å². The molecular weight excluding hydrogens is 1290 g/mol. The molecular formula is C59H61N13O13S6. The van der Waals surface area contributed by atoms with Gasteiger partial charge in [-0.25, -0.2) is 39.7 Å². The molecule has 1 aromatic carbocycles. The van der Waals surface area contributed by atoms with Gasteiger partial charge in [-0.1, -0.05) is 50.6 Å². The molecule has 1 unspecified atom stereocenters. The Morgan fingerprint density at radius 3 is 2.15 bits per heavy atom. The summed E-state index contributed by atoms with van der Waals surface area (Å²) in [4.78, 5) is 143. The molecule has 8 N–H and O–H groups in total. The second kappa shape index (κ2) is 29.3. The number of carbonyl (C=O) groups is 8. The Hall–Kier alpha value is -8.37. The largest absolute Gasteiger partial charge is 0.481 e. The lowest BCUT2D eigenvalue weighted by molar-refractivity contribution is -0.148. The molecule has 1 saturated carbocycles. The van der Waals surface area contributed by atoms with Crippen molar-refractivity contribution in [2.75, 3.05) is 32.1 Å². The highest BCUT2D eigenvalue weighted by Crippen LogP contribution is 2.41. The number of aliphatic hydroxyl groups excluding tert-OH is 1. The number of thiazole rings is 6. The molecule has 1 fully saturated rings. The third-order valence-electron chi connectivity index (χ3n) is 14.7. The lowest BCUT2D eigenvalue weighted by Gasteiger charge is -2.33. The fourth-order valence-corrected chi connectivity index (χ4v) is 15.3. The van der Waals surface area contributed by atoms with Crippen molar-refractivity contribution >= 4 is 121 Å². The number of carboxylic acid groups (broad SMARTS) is 2. The van der Waals surface area contributed by atoms with E-state index in [0.29, 0.717) is 88.0 Å². The summed E-state index contributed by atoms with van der Waals surface area (Å²) in [7, 11) is 2.92. The van der Waals surface area contributed by atoms with Gasteiger partial charge in [0.05, 0.1) is 48.1 Å². The standard InChI is InChI=1S/C59H61N13O13S6/c1-27(2)43-57-71-46(38(91-57)22-84-5)50(79)61-21-41(74)68-47(48(77)29-12-8-6-9-13-29)56-66-37(25-88-56)54-64-35(23-87-54)45-32(52-65-36(24-86-52)49(78)63-34(20-40(73)60-4)55-70-44(28(3)90-55)51(80)69-43)15-16-33(62-45)53-67-39(26-89-53)72(17-11-7-10-14-42(75)76)59(83)85-31-18-30(19-31)58(81)82/h6,8-9,12-13,15-16,23-27,30-31,34,43,47-48,77H,7,10-11,14,17-22H2,1-5H3,(H,60,73)(H,61,79)(H,63,78)(H,68,74)(H,69,80)(H,75,76)(H,81,82)/t30-,31-,34-,43?,47-,48-/m0/s1. The van der Waals surface area contributed by atoms with Crippen LogP contribution >= 0.6 is 68.0 Å². The number of pyridine rings is 1. The Morgan fingerprint density at radius 2 is 1.42 bits per heavy atom. The number of fused-ring (bicyclic) bond motifs is 14. The first kappa shape index (κ1) is 65.6. The van der Waals surface area contributed by atoms with E-state index in [1.165, 1.54) is 41.7 Å². The number of benzene rings is 1. The van der Waals surface area contributed by atoms with Crippen molar-refractivity contribution in [1.29, 1.82) is 0 Å². The van der Waals surface area contributed by atoms with Crippen LogP contribution in [0.15, 0.2) is 64.0 Å². The van der Waals surface area contributed by atoms with E-state index < -0.39 is 90.4 Å². The lowest BCUT2D eigenvalue weighted by atomic mass is 9.82. The number of ether oxygens (including phenoxy) is 2. The maximum atomic E-state index is 14.4. The van der Waals surface area contributed by atoms with Gasteiger partial charge in [0.1, 0.15) is 88.3 Å². The second-order valence-electron chi connectivity index (χ2n) is 21.5. The lowest BCUT2D eigenvalue weighted by Crippen LogP contribution is -2.42. The Morgan fingerprint density at radius 1 is 0.703 bits per heavy atom. The number of aliphatic carboxylic acids is 2. The molecule has 10 rings (SSSR count). The highest BCUT2D eigenvalue weighted by Gasteiger charge is 2.39. The summed E-state index contributed by atoms with van der Waals surface area (Å²) in [6.07, 6.45) is -1.32. The number of methoxy groups -OCH3 is 1. The van der Waals surface area contributed by atoms with E-state index in [1.807, 2.05) is 13.8 Å². The van der Waals surface area contributed by atoms with Gasteiger partial charge in [0.15, 0.2) is 0 Å². The average molecular weight is 1350 g/mol. The SMILES string of the molecule is CNC(=O)C[C@@H]1NC(=O)c2csc(n2)-c2ccc(-c3nc(N(CCCCCC(=O)O)C(=O)O[C@H]4C[C@H](C(=O)O)C4)cs3)nc2-c2csc(n2)-c2csc(n2)[C@H]([C@@H](O)c2ccccc2)NC(=O)CNC(=O)c2nc(sc2COC)C(C(C)C)NC(=O)c2nc1sc2C.